The Hall–Kier alpha value is -0.301. The van der Waals surface area contributed by atoms with Crippen molar-refractivity contribution in [2.24, 2.45) is 0 Å². The molecule has 0 aliphatic rings. The van der Waals surface area contributed by atoms with E-state index in [4.69, 9.17) is 0 Å². The van der Waals surface area contributed by atoms with Crippen molar-refractivity contribution in [2.45, 2.75) is 76.1 Å². The van der Waals surface area contributed by atoms with Gasteiger partial charge in [0.2, 0.25) is 0 Å². The Morgan fingerprint density at radius 2 is 1.50 bits per heavy atom. The Balaban J connectivity index is 1.91. The molecule has 0 aliphatic carbocycles. The van der Waals surface area contributed by atoms with Crippen LogP contribution >= 0.6 is 0 Å². The van der Waals surface area contributed by atoms with E-state index in [1.165, 1.54) is 55.8 Å². The van der Waals surface area contributed by atoms with Crippen molar-refractivity contribution in [3.8, 4) is 0 Å². The molecule has 0 saturated carbocycles. The first-order valence-electron chi connectivity index (χ1n) is 8.19. The molecule has 1 aromatic carbocycles. The van der Waals surface area contributed by atoms with Crippen molar-refractivity contribution in [3.63, 3.8) is 0 Å². The molecule has 0 aromatic heterocycles. The second-order valence-corrected chi connectivity index (χ2v) is 7.84. The molecule has 114 valence electrons. The van der Waals surface area contributed by atoms with Crippen LogP contribution in [0, 0.1) is 0 Å². The van der Waals surface area contributed by atoms with Crippen LogP contribution in [-0.4, -0.2) is 26.2 Å². The number of rotatable bonds is 12. The van der Waals surface area contributed by atoms with E-state index < -0.39 is 0 Å². The van der Waals surface area contributed by atoms with E-state index in [1.54, 1.807) is 0 Å². The minimum atomic E-state index is -0.0877. The zero-order valence-corrected chi connectivity index (χ0v) is 14.6. The summed E-state index contributed by atoms with van der Waals surface area (Å²) in [5.74, 6) is 0. The summed E-state index contributed by atoms with van der Waals surface area (Å²) >= 11 is 0.431. The van der Waals surface area contributed by atoms with Crippen molar-refractivity contribution in [1.82, 2.24) is 0 Å². The predicted octanol–water partition coefficient (Wildman–Crippen LogP) is 4.33. The van der Waals surface area contributed by atoms with E-state index in [-0.39, 0.29) is 6.10 Å². The van der Waals surface area contributed by atoms with Crippen LogP contribution in [0.25, 0.3) is 0 Å². The van der Waals surface area contributed by atoms with Gasteiger partial charge in [-0.3, -0.25) is 0 Å². The van der Waals surface area contributed by atoms with Crippen molar-refractivity contribution in [3.05, 3.63) is 30.3 Å². The zero-order chi connectivity index (χ0) is 14.5. The van der Waals surface area contributed by atoms with E-state index in [0.29, 0.717) is 15.0 Å². The molecule has 0 spiro atoms. The summed E-state index contributed by atoms with van der Waals surface area (Å²) in [7, 11) is 0. The van der Waals surface area contributed by atoms with Crippen molar-refractivity contribution in [1.29, 1.82) is 0 Å². The van der Waals surface area contributed by atoms with Gasteiger partial charge in [-0.05, 0) is 0 Å². The second-order valence-electron chi connectivity index (χ2n) is 5.54. The summed E-state index contributed by atoms with van der Waals surface area (Å²) in [4.78, 5) is 0. The first kappa shape index (κ1) is 17.8. The molecule has 0 bridgehead atoms. The summed E-state index contributed by atoms with van der Waals surface area (Å²) in [6.07, 6.45) is 11.6. The number of hydrogen-bond donors (Lipinski definition) is 1. The van der Waals surface area contributed by atoms with Gasteiger partial charge in [-0.25, -0.2) is 0 Å². The molecule has 0 radical (unpaired) electrons. The molecular formula is C18H30OSe. The molecule has 20 heavy (non-hydrogen) atoms. The van der Waals surface area contributed by atoms with Crippen LogP contribution in [0.2, 0.25) is 5.32 Å². The van der Waals surface area contributed by atoms with Crippen molar-refractivity contribution >= 4 is 19.4 Å². The third-order valence-electron chi connectivity index (χ3n) is 3.58. The molecule has 1 nitrogen and oxygen atoms in total. The van der Waals surface area contributed by atoms with Crippen molar-refractivity contribution in [2.75, 3.05) is 0 Å². The van der Waals surface area contributed by atoms with E-state index in [1.807, 2.05) is 0 Å². The van der Waals surface area contributed by atoms with Gasteiger partial charge in [-0.1, -0.05) is 0 Å². The van der Waals surface area contributed by atoms with Gasteiger partial charge < -0.3 is 0 Å². The van der Waals surface area contributed by atoms with Gasteiger partial charge in [-0.15, -0.1) is 0 Å². The van der Waals surface area contributed by atoms with Crippen LogP contribution in [0.4, 0.5) is 0 Å². The number of aliphatic hydroxyl groups is 1. The van der Waals surface area contributed by atoms with Gasteiger partial charge in [0, 0.05) is 0 Å². The van der Waals surface area contributed by atoms with Crippen molar-refractivity contribution < 1.29 is 5.11 Å². The molecule has 0 heterocycles. The van der Waals surface area contributed by atoms with Gasteiger partial charge in [0.25, 0.3) is 0 Å². The standard InChI is InChI=1S/C18H30OSe/c1-2-3-4-5-6-7-8-10-13-17(19)16-20-18-14-11-9-12-15-18/h9,11-12,14-15,17,19H,2-8,10,13,16H2,1H3. The summed E-state index contributed by atoms with van der Waals surface area (Å²) in [5, 5.41) is 11.0. The Kier molecular flexibility index (Phi) is 11.0. The quantitative estimate of drug-likeness (QED) is 0.443. The van der Waals surface area contributed by atoms with Crippen LogP contribution in [-0.2, 0) is 0 Å². The number of aliphatic hydroxyl groups excluding tert-OH is 1. The molecule has 1 atom stereocenters. The third-order valence-corrected chi connectivity index (χ3v) is 6.00. The fourth-order valence-corrected chi connectivity index (χ4v) is 4.20. The SMILES string of the molecule is CCCCCCCCCCC(O)C[Se]c1ccccc1. The topological polar surface area (TPSA) is 20.2 Å². The third kappa shape index (κ3) is 9.58. The molecule has 0 aliphatic heterocycles. The number of benzene rings is 1. The van der Waals surface area contributed by atoms with Gasteiger partial charge >= 0.3 is 131 Å². The van der Waals surface area contributed by atoms with Crippen LogP contribution in [0.15, 0.2) is 30.3 Å². The molecule has 2 heteroatoms. The Morgan fingerprint density at radius 1 is 0.900 bits per heavy atom. The Bertz CT molecular complexity index is 312. The molecule has 1 N–H and O–H groups in total. The minimum absolute atomic E-state index is 0.0877. The first-order valence-corrected chi connectivity index (χ1v) is 10.3. The number of hydrogen-bond acceptors (Lipinski definition) is 1. The molecular weight excluding hydrogens is 311 g/mol. The molecule has 0 fully saturated rings. The van der Waals surface area contributed by atoms with E-state index >= 15 is 0 Å². The maximum atomic E-state index is 10.00. The van der Waals surface area contributed by atoms with Gasteiger partial charge in [0.15, 0.2) is 0 Å². The molecule has 0 amide bonds. The average Bonchev–Trinajstić information content (AvgIpc) is 2.49. The van der Waals surface area contributed by atoms with Gasteiger partial charge in [-0.2, -0.15) is 0 Å². The van der Waals surface area contributed by atoms with Crippen LogP contribution in [0.1, 0.15) is 64.7 Å². The molecule has 1 unspecified atom stereocenters. The summed E-state index contributed by atoms with van der Waals surface area (Å²) in [5.41, 5.74) is 0. The first-order chi connectivity index (χ1) is 9.83. The second kappa shape index (κ2) is 12.4. The molecule has 0 saturated heterocycles. The van der Waals surface area contributed by atoms with E-state index in [2.05, 4.69) is 37.3 Å². The van der Waals surface area contributed by atoms with E-state index in [9.17, 15) is 5.11 Å². The average molecular weight is 341 g/mol. The summed E-state index contributed by atoms with van der Waals surface area (Å²) in [6, 6.07) is 10.6. The molecule has 1 rings (SSSR count). The van der Waals surface area contributed by atoms with Gasteiger partial charge in [0.1, 0.15) is 0 Å². The fourth-order valence-electron chi connectivity index (χ4n) is 2.31. The van der Waals surface area contributed by atoms with Crippen LogP contribution in [0.3, 0.4) is 0 Å². The predicted molar refractivity (Wildman–Crippen MR) is 89.9 cm³/mol. The monoisotopic (exact) mass is 342 g/mol. The van der Waals surface area contributed by atoms with Gasteiger partial charge in [0.05, 0.1) is 0 Å². The van der Waals surface area contributed by atoms with E-state index in [0.717, 1.165) is 11.7 Å². The molecule has 1 aromatic rings. The fraction of sp³-hybridized carbons (Fsp3) is 0.667. The Labute approximate surface area is 131 Å². The normalized spacial score (nSPS) is 12.5. The Morgan fingerprint density at radius 3 is 2.15 bits per heavy atom. The maximum absolute atomic E-state index is 10.00. The van der Waals surface area contributed by atoms with Crippen LogP contribution in [0.5, 0.6) is 0 Å². The summed E-state index contributed by atoms with van der Waals surface area (Å²) in [6.45, 7) is 2.26. The van der Waals surface area contributed by atoms with Crippen LogP contribution < -0.4 is 4.46 Å². The zero-order valence-electron chi connectivity index (χ0n) is 12.9. The summed E-state index contributed by atoms with van der Waals surface area (Å²) < 4.78 is 1.40. The number of unbranched alkanes of at least 4 members (excludes halogenated alkanes) is 7.